The quantitative estimate of drug-likeness (QED) is 0.684. The minimum atomic E-state index is 0.545. The number of thiophene rings is 1. The van der Waals surface area contributed by atoms with E-state index in [2.05, 4.69) is 22.0 Å². The van der Waals surface area contributed by atoms with Crippen LogP contribution >= 0.6 is 38.9 Å². The average Bonchev–Trinajstić information content (AvgIpc) is 2.31. The Morgan fingerprint density at radius 3 is 2.67 bits per heavy atom. The molecule has 66 valence electrons. The lowest BCUT2D eigenvalue weighted by molar-refractivity contribution is 0.314. The van der Waals surface area contributed by atoms with Crippen LogP contribution in [-0.4, -0.2) is 0 Å². The highest BCUT2D eigenvalue weighted by atomic mass is 79.9. The van der Waals surface area contributed by atoms with Crippen molar-refractivity contribution in [1.82, 2.24) is 0 Å². The topological polar surface area (TPSA) is 0 Å². The van der Waals surface area contributed by atoms with Gasteiger partial charge in [-0.05, 0) is 30.9 Å². The zero-order valence-corrected chi connectivity index (χ0v) is 9.75. The second kappa shape index (κ2) is 3.69. The van der Waals surface area contributed by atoms with Crippen molar-refractivity contribution in [2.75, 3.05) is 0 Å². The first-order valence-electron chi connectivity index (χ1n) is 4.16. The lowest BCUT2D eigenvalue weighted by atomic mass is 9.82. The molecule has 1 unspecified atom stereocenters. The first kappa shape index (κ1) is 9.04. The fraction of sp³-hybridized carbons (Fsp3) is 0.556. The van der Waals surface area contributed by atoms with Gasteiger partial charge in [-0.15, -0.1) is 11.3 Å². The lowest BCUT2D eigenvalue weighted by Gasteiger charge is -2.29. The third-order valence-corrected chi connectivity index (χ3v) is 5.29. The Morgan fingerprint density at radius 1 is 1.50 bits per heavy atom. The van der Waals surface area contributed by atoms with Crippen LogP contribution < -0.4 is 0 Å². The molecule has 1 aliphatic rings. The molecule has 1 atom stereocenters. The van der Waals surface area contributed by atoms with Crippen LogP contribution in [0.25, 0.3) is 0 Å². The van der Waals surface area contributed by atoms with E-state index in [-0.39, 0.29) is 0 Å². The van der Waals surface area contributed by atoms with Gasteiger partial charge in [-0.2, -0.15) is 0 Å². The van der Waals surface area contributed by atoms with Crippen molar-refractivity contribution in [3.63, 3.8) is 0 Å². The maximum absolute atomic E-state index is 5.87. The summed E-state index contributed by atoms with van der Waals surface area (Å²) in [5.74, 6) is 0.847. The van der Waals surface area contributed by atoms with Crippen molar-refractivity contribution in [2.24, 2.45) is 5.92 Å². The van der Waals surface area contributed by atoms with E-state index in [1.54, 1.807) is 11.3 Å². The maximum atomic E-state index is 5.87. The van der Waals surface area contributed by atoms with E-state index >= 15 is 0 Å². The summed E-state index contributed by atoms with van der Waals surface area (Å²) in [6.07, 6.45) is 4.13. The summed E-state index contributed by atoms with van der Waals surface area (Å²) in [4.78, 5) is 1.92. The Morgan fingerprint density at radius 2 is 2.25 bits per heavy atom. The molecule has 0 radical (unpaired) electrons. The van der Waals surface area contributed by atoms with Gasteiger partial charge in [0.2, 0.25) is 0 Å². The largest absolute Gasteiger partial charge is 0.127 e. The summed E-state index contributed by atoms with van der Waals surface area (Å²) in [5, 5.41) is 0. The van der Waals surface area contributed by atoms with Crippen LogP contribution in [0.2, 0.25) is 4.34 Å². The van der Waals surface area contributed by atoms with Gasteiger partial charge < -0.3 is 0 Å². The van der Waals surface area contributed by atoms with E-state index in [1.165, 1.54) is 24.1 Å². The summed E-state index contributed by atoms with van der Waals surface area (Å²) >= 11 is 11.3. The van der Waals surface area contributed by atoms with Crippen molar-refractivity contribution in [2.45, 2.75) is 24.1 Å². The number of hydrogen-bond donors (Lipinski definition) is 0. The van der Waals surface area contributed by atoms with E-state index in [0.29, 0.717) is 4.83 Å². The Hall–Kier alpha value is 0.470. The van der Waals surface area contributed by atoms with Crippen LogP contribution in [0.5, 0.6) is 0 Å². The first-order valence-corrected chi connectivity index (χ1v) is 6.27. The second-order valence-electron chi connectivity index (χ2n) is 3.23. The van der Waals surface area contributed by atoms with Crippen molar-refractivity contribution in [3.8, 4) is 0 Å². The second-order valence-corrected chi connectivity index (χ2v) is 5.97. The predicted molar refractivity (Wildman–Crippen MR) is 58.3 cm³/mol. The molecule has 0 bridgehead atoms. The number of halogens is 2. The summed E-state index contributed by atoms with van der Waals surface area (Å²) < 4.78 is 0.897. The lowest BCUT2D eigenvalue weighted by Crippen LogP contribution is -2.15. The Balaban J connectivity index is 2.08. The van der Waals surface area contributed by atoms with Crippen LogP contribution in [0.1, 0.15) is 29.0 Å². The average molecular weight is 266 g/mol. The van der Waals surface area contributed by atoms with Gasteiger partial charge in [0, 0.05) is 4.88 Å². The number of rotatable bonds is 2. The highest BCUT2D eigenvalue weighted by Gasteiger charge is 2.27. The van der Waals surface area contributed by atoms with Gasteiger partial charge >= 0.3 is 0 Å². The monoisotopic (exact) mass is 264 g/mol. The molecular weight excluding hydrogens is 256 g/mol. The highest BCUT2D eigenvalue weighted by Crippen LogP contribution is 2.45. The summed E-state index contributed by atoms with van der Waals surface area (Å²) in [5.41, 5.74) is 0. The molecule has 0 N–H and O–H groups in total. The highest BCUT2D eigenvalue weighted by molar-refractivity contribution is 9.09. The summed E-state index contributed by atoms with van der Waals surface area (Å²) in [7, 11) is 0. The Kier molecular flexibility index (Phi) is 2.78. The van der Waals surface area contributed by atoms with Crippen LogP contribution in [0.15, 0.2) is 12.1 Å². The van der Waals surface area contributed by atoms with Gasteiger partial charge in [-0.3, -0.25) is 0 Å². The third-order valence-electron chi connectivity index (χ3n) is 2.43. The molecule has 0 amide bonds. The van der Waals surface area contributed by atoms with Gasteiger partial charge in [0.15, 0.2) is 0 Å². The van der Waals surface area contributed by atoms with Gasteiger partial charge in [0.1, 0.15) is 0 Å². The standard InChI is InChI=1S/C9H10BrClS/c10-9(6-2-1-3-6)7-4-5-8(11)12-7/h4-6,9H,1-3H2. The van der Waals surface area contributed by atoms with Crippen LogP contribution in [-0.2, 0) is 0 Å². The molecule has 3 heteroatoms. The van der Waals surface area contributed by atoms with Crippen LogP contribution in [0.3, 0.4) is 0 Å². The normalized spacial score (nSPS) is 20.5. The molecule has 0 aromatic carbocycles. The number of hydrogen-bond acceptors (Lipinski definition) is 1. The van der Waals surface area contributed by atoms with Crippen molar-refractivity contribution in [1.29, 1.82) is 0 Å². The summed E-state index contributed by atoms with van der Waals surface area (Å²) in [6.45, 7) is 0. The molecule has 0 nitrogen and oxygen atoms in total. The molecule has 0 spiro atoms. The van der Waals surface area contributed by atoms with Gasteiger partial charge in [-0.1, -0.05) is 34.0 Å². The molecule has 2 rings (SSSR count). The molecule has 0 saturated heterocycles. The number of alkyl halides is 1. The molecule has 1 saturated carbocycles. The van der Waals surface area contributed by atoms with Crippen molar-refractivity contribution >= 4 is 38.9 Å². The van der Waals surface area contributed by atoms with Gasteiger partial charge in [0.05, 0.1) is 9.16 Å². The zero-order valence-electron chi connectivity index (χ0n) is 6.59. The van der Waals surface area contributed by atoms with E-state index < -0.39 is 0 Å². The van der Waals surface area contributed by atoms with Crippen LogP contribution in [0, 0.1) is 5.92 Å². The Bertz CT molecular complexity index is 267. The van der Waals surface area contributed by atoms with Crippen molar-refractivity contribution in [3.05, 3.63) is 21.3 Å². The maximum Gasteiger partial charge on any atom is 0.0931 e. The minimum Gasteiger partial charge on any atom is -0.127 e. The third kappa shape index (κ3) is 1.70. The van der Waals surface area contributed by atoms with E-state index in [1.807, 2.05) is 6.07 Å². The van der Waals surface area contributed by atoms with Crippen LogP contribution in [0.4, 0.5) is 0 Å². The van der Waals surface area contributed by atoms with Gasteiger partial charge in [0.25, 0.3) is 0 Å². The van der Waals surface area contributed by atoms with Gasteiger partial charge in [-0.25, -0.2) is 0 Å². The smallest absolute Gasteiger partial charge is 0.0931 e. The molecule has 1 heterocycles. The fourth-order valence-corrected chi connectivity index (χ4v) is 3.54. The molecular formula is C9H10BrClS. The van der Waals surface area contributed by atoms with E-state index in [4.69, 9.17) is 11.6 Å². The predicted octanol–water partition coefficient (Wildman–Crippen LogP) is 4.64. The molecule has 1 aromatic heterocycles. The SMILES string of the molecule is Clc1ccc(C(Br)C2CCC2)s1. The molecule has 0 aliphatic heterocycles. The van der Waals surface area contributed by atoms with E-state index in [9.17, 15) is 0 Å². The summed E-state index contributed by atoms with van der Waals surface area (Å²) in [6, 6.07) is 4.11. The molecule has 1 aromatic rings. The zero-order chi connectivity index (χ0) is 8.55. The minimum absolute atomic E-state index is 0.545. The molecule has 1 aliphatic carbocycles. The van der Waals surface area contributed by atoms with E-state index in [0.717, 1.165) is 10.3 Å². The van der Waals surface area contributed by atoms with Crippen molar-refractivity contribution < 1.29 is 0 Å². The Labute approximate surface area is 90.1 Å². The molecule has 1 fully saturated rings. The fourth-order valence-electron chi connectivity index (χ4n) is 1.44. The first-order chi connectivity index (χ1) is 5.77. The molecule has 12 heavy (non-hydrogen) atoms.